The third-order valence-electron chi connectivity index (χ3n) is 2.30. The first-order valence-corrected chi connectivity index (χ1v) is 5.38. The number of benzene rings is 1. The van der Waals surface area contributed by atoms with Gasteiger partial charge in [-0.3, -0.25) is 4.90 Å². The van der Waals surface area contributed by atoms with Crippen LogP contribution in [0.25, 0.3) is 0 Å². The number of rotatable bonds is 3. The topological polar surface area (TPSA) is 27.0 Å². The molecule has 1 aromatic rings. The minimum absolute atomic E-state index is 0.180. The van der Waals surface area contributed by atoms with Crippen LogP contribution in [-0.2, 0) is 6.54 Å². The lowest BCUT2D eigenvalue weighted by Gasteiger charge is -2.19. The molecule has 2 nitrogen and oxygen atoms in total. The molecule has 80 valence electrons. The van der Waals surface area contributed by atoms with E-state index in [2.05, 4.69) is 22.0 Å². The summed E-state index contributed by atoms with van der Waals surface area (Å²) in [5, 5.41) is 8.73. The largest absolute Gasteiger partial charge is 0.287 e. The van der Waals surface area contributed by atoms with E-state index in [-0.39, 0.29) is 11.9 Å². The average Bonchev–Trinajstić information content (AvgIpc) is 2.23. The minimum Gasteiger partial charge on any atom is -0.287 e. The molecule has 4 heteroatoms. The molecule has 1 rings (SSSR count). The third kappa shape index (κ3) is 3.01. The Hall–Kier alpha value is -0.920. The summed E-state index contributed by atoms with van der Waals surface area (Å²) in [6.45, 7) is 2.36. The maximum absolute atomic E-state index is 13.2. The molecule has 1 atom stereocenters. The van der Waals surface area contributed by atoms with E-state index in [0.29, 0.717) is 11.0 Å². The first-order valence-electron chi connectivity index (χ1n) is 4.59. The molecule has 0 aromatic heterocycles. The van der Waals surface area contributed by atoms with Crippen molar-refractivity contribution >= 4 is 15.9 Å². The lowest BCUT2D eigenvalue weighted by Crippen LogP contribution is -2.27. The van der Waals surface area contributed by atoms with Crippen molar-refractivity contribution in [1.29, 1.82) is 5.26 Å². The van der Waals surface area contributed by atoms with Crippen LogP contribution in [0.4, 0.5) is 4.39 Å². The average molecular weight is 271 g/mol. The highest BCUT2D eigenvalue weighted by molar-refractivity contribution is 9.10. The van der Waals surface area contributed by atoms with Crippen LogP contribution in [0.1, 0.15) is 12.5 Å². The highest BCUT2D eigenvalue weighted by Crippen LogP contribution is 2.21. The summed E-state index contributed by atoms with van der Waals surface area (Å²) >= 11 is 3.20. The highest BCUT2D eigenvalue weighted by Gasteiger charge is 2.11. The molecule has 15 heavy (non-hydrogen) atoms. The number of nitriles is 1. The molecule has 0 aliphatic carbocycles. The Balaban J connectivity index is 2.82. The number of hydrogen-bond acceptors (Lipinski definition) is 2. The smallest absolute Gasteiger partial charge is 0.137 e. The molecule has 0 aliphatic rings. The van der Waals surface area contributed by atoms with Gasteiger partial charge >= 0.3 is 0 Å². The van der Waals surface area contributed by atoms with Crippen LogP contribution in [0.3, 0.4) is 0 Å². The summed E-state index contributed by atoms with van der Waals surface area (Å²) in [6.07, 6.45) is 0. The van der Waals surface area contributed by atoms with Crippen LogP contribution in [0.2, 0.25) is 0 Å². The van der Waals surface area contributed by atoms with Crippen LogP contribution in [0.5, 0.6) is 0 Å². The van der Waals surface area contributed by atoms with Crippen LogP contribution in [-0.4, -0.2) is 18.0 Å². The molecular weight excluding hydrogens is 259 g/mol. The van der Waals surface area contributed by atoms with Gasteiger partial charge in [0.15, 0.2) is 0 Å². The Bertz CT molecular complexity index is 387. The van der Waals surface area contributed by atoms with Gasteiger partial charge < -0.3 is 0 Å². The van der Waals surface area contributed by atoms with Crippen LogP contribution < -0.4 is 0 Å². The Morgan fingerprint density at radius 1 is 1.60 bits per heavy atom. The third-order valence-corrected chi connectivity index (χ3v) is 3.19. The van der Waals surface area contributed by atoms with Crippen molar-refractivity contribution in [2.24, 2.45) is 0 Å². The molecule has 0 saturated heterocycles. The number of halogens is 2. The zero-order valence-electron chi connectivity index (χ0n) is 8.67. The fourth-order valence-corrected chi connectivity index (χ4v) is 1.56. The van der Waals surface area contributed by atoms with E-state index < -0.39 is 0 Å². The van der Waals surface area contributed by atoms with Crippen molar-refractivity contribution in [3.05, 3.63) is 34.1 Å². The molecule has 0 fully saturated rings. The van der Waals surface area contributed by atoms with Gasteiger partial charge in [-0.05, 0) is 41.5 Å². The number of nitrogens with zero attached hydrogens (tertiary/aromatic N) is 2. The standard InChI is InChI=1S/C11H12BrFN2/c1-8(6-14)15(2)7-9-4-3-5-10(13)11(9)12/h3-5,8H,7H2,1-2H3. The highest BCUT2D eigenvalue weighted by atomic mass is 79.9. The van der Waals surface area contributed by atoms with Gasteiger partial charge in [-0.2, -0.15) is 5.26 Å². The molecule has 0 heterocycles. The van der Waals surface area contributed by atoms with E-state index in [1.165, 1.54) is 6.07 Å². The molecule has 1 unspecified atom stereocenters. The summed E-state index contributed by atoms with van der Waals surface area (Å²) in [4.78, 5) is 1.86. The molecule has 0 radical (unpaired) electrons. The van der Waals surface area contributed by atoms with Gasteiger partial charge in [0.25, 0.3) is 0 Å². The molecule has 0 bridgehead atoms. The molecule has 0 spiro atoms. The lowest BCUT2D eigenvalue weighted by molar-refractivity contribution is 0.293. The van der Waals surface area contributed by atoms with Gasteiger partial charge in [0.05, 0.1) is 16.6 Å². The maximum Gasteiger partial charge on any atom is 0.137 e. The van der Waals surface area contributed by atoms with Crippen LogP contribution in [0.15, 0.2) is 22.7 Å². The summed E-state index contributed by atoms with van der Waals surface area (Å²) in [5.74, 6) is -0.273. The Labute approximate surface area is 97.4 Å². The maximum atomic E-state index is 13.2. The van der Waals surface area contributed by atoms with Crippen molar-refractivity contribution in [3.8, 4) is 6.07 Å². The van der Waals surface area contributed by atoms with Crippen molar-refractivity contribution in [2.75, 3.05) is 7.05 Å². The van der Waals surface area contributed by atoms with Gasteiger partial charge in [0, 0.05) is 6.54 Å². The van der Waals surface area contributed by atoms with E-state index in [1.54, 1.807) is 6.07 Å². The van der Waals surface area contributed by atoms with Crippen molar-refractivity contribution in [2.45, 2.75) is 19.5 Å². The Morgan fingerprint density at radius 3 is 2.87 bits per heavy atom. The van der Waals surface area contributed by atoms with Crippen LogP contribution >= 0.6 is 15.9 Å². The molecule has 0 N–H and O–H groups in total. The van der Waals surface area contributed by atoms with E-state index >= 15 is 0 Å². The van der Waals surface area contributed by atoms with Gasteiger partial charge in [-0.25, -0.2) is 4.39 Å². The van der Waals surface area contributed by atoms with E-state index in [1.807, 2.05) is 24.9 Å². The zero-order valence-corrected chi connectivity index (χ0v) is 10.3. The molecule has 0 saturated carbocycles. The second-order valence-corrected chi connectivity index (χ2v) is 4.23. The Kier molecular flexibility index (Phi) is 4.25. The Morgan fingerprint density at radius 2 is 2.27 bits per heavy atom. The van der Waals surface area contributed by atoms with Crippen LogP contribution in [0, 0.1) is 17.1 Å². The van der Waals surface area contributed by atoms with Gasteiger partial charge in [-0.15, -0.1) is 0 Å². The fourth-order valence-electron chi connectivity index (χ4n) is 1.17. The normalized spacial score (nSPS) is 12.5. The quantitative estimate of drug-likeness (QED) is 0.845. The van der Waals surface area contributed by atoms with E-state index in [4.69, 9.17) is 5.26 Å². The SMILES string of the molecule is CC(C#N)N(C)Cc1cccc(F)c1Br. The second-order valence-electron chi connectivity index (χ2n) is 3.43. The summed E-state index contributed by atoms with van der Waals surface area (Å²) < 4.78 is 13.7. The van der Waals surface area contributed by atoms with Gasteiger partial charge in [0.1, 0.15) is 5.82 Å². The van der Waals surface area contributed by atoms with E-state index in [0.717, 1.165) is 5.56 Å². The molecule has 0 amide bonds. The molecule has 0 aliphatic heterocycles. The van der Waals surface area contributed by atoms with Crippen molar-refractivity contribution in [3.63, 3.8) is 0 Å². The fraction of sp³-hybridized carbons (Fsp3) is 0.364. The second kappa shape index (κ2) is 5.24. The molecular formula is C11H12BrFN2. The van der Waals surface area contributed by atoms with Crippen molar-refractivity contribution < 1.29 is 4.39 Å². The predicted octanol–water partition coefficient (Wildman–Crippen LogP) is 2.93. The monoisotopic (exact) mass is 270 g/mol. The lowest BCUT2D eigenvalue weighted by atomic mass is 10.2. The summed E-state index contributed by atoms with van der Waals surface area (Å²) in [7, 11) is 1.84. The first-order chi connectivity index (χ1) is 7.06. The minimum atomic E-state index is -0.273. The van der Waals surface area contributed by atoms with Crippen molar-refractivity contribution in [1.82, 2.24) is 4.90 Å². The van der Waals surface area contributed by atoms with E-state index in [9.17, 15) is 4.39 Å². The first kappa shape index (κ1) is 12.2. The molecule has 1 aromatic carbocycles. The number of hydrogen-bond donors (Lipinski definition) is 0. The van der Waals surface area contributed by atoms with Gasteiger partial charge in [0.2, 0.25) is 0 Å². The summed E-state index contributed by atoms with van der Waals surface area (Å²) in [5.41, 5.74) is 0.847. The predicted molar refractivity (Wildman–Crippen MR) is 60.6 cm³/mol. The summed E-state index contributed by atoms with van der Waals surface area (Å²) in [6, 6.07) is 6.87. The zero-order chi connectivity index (χ0) is 11.4. The van der Waals surface area contributed by atoms with Gasteiger partial charge in [-0.1, -0.05) is 12.1 Å².